The lowest BCUT2D eigenvalue weighted by Crippen LogP contribution is -2.21. The Bertz CT molecular complexity index is 1060. The van der Waals surface area contributed by atoms with Crippen molar-refractivity contribution in [1.82, 2.24) is 0 Å². The number of rotatable bonds is 7. The molecule has 3 rings (SSSR count). The van der Waals surface area contributed by atoms with Crippen molar-refractivity contribution in [2.45, 2.75) is 6.61 Å². The van der Waals surface area contributed by atoms with Crippen LogP contribution in [-0.4, -0.2) is 18.5 Å². The van der Waals surface area contributed by atoms with Crippen LogP contribution in [0.3, 0.4) is 0 Å². The Balaban J connectivity index is 1.58. The summed E-state index contributed by atoms with van der Waals surface area (Å²) in [6.07, 6.45) is 0. The van der Waals surface area contributed by atoms with Crippen molar-refractivity contribution in [3.63, 3.8) is 0 Å². The first-order valence-corrected chi connectivity index (χ1v) is 9.35. The number of halogens is 1. The molecule has 0 aliphatic heterocycles. The molecule has 0 radical (unpaired) electrons. The van der Waals surface area contributed by atoms with E-state index >= 15 is 0 Å². The van der Waals surface area contributed by atoms with E-state index in [2.05, 4.69) is 5.32 Å². The molecule has 1 aromatic heterocycles. The maximum atomic E-state index is 13.0. The number of ether oxygens (including phenoxy) is 2. The number of nitrogens with zero attached hydrogens (tertiary/aromatic N) is 1. The van der Waals surface area contributed by atoms with Crippen LogP contribution in [0.15, 0.2) is 60.0 Å². The summed E-state index contributed by atoms with van der Waals surface area (Å²) >= 11 is 1.20. The van der Waals surface area contributed by atoms with Crippen LogP contribution in [0.25, 0.3) is 0 Å². The number of nitriles is 1. The van der Waals surface area contributed by atoms with Gasteiger partial charge in [0.05, 0.1) is 5.56 Å². The second kappa shape index (κ2) is 9.48. The third kappa shape index (κ3) is 5.40. The molecular weight excluding hydrogens is 395 g/mol. The number of anilines is 1. The SMILES string of the molecule is N#Cc1ccsc1NC(=O)COC(=O)c1ccccc1OCc1ccc(F)cc1. The molecule has 0 saturated carbocycles. The molecule has 2 aromatic carbocycles. The van der Waals surface area contributed by atoms with Crippen LogP contribution in [0.4, 0.5) is 9.39 Å². The van der Waals surface area contributed by atoms with Crippen LogP contribution in [0, 0.1) is 17.1 Å². The molecule has 1 heterocycles. The maximum Gasteiger partial charge on any atom is 0.342 e. The second-order valence-corrected chi connectivity index (χ2v) is 6.73. The Labute approximate surface area is 170 Å². The summed E-state index contributed by atoms with van der Waals surface area (Å²) in [5.74, 6) is -1.34. The topological polar surface area (TPSA) is 88.4 Å². The lowest BCUT2D eigenvalue weighted by atomic mass is 10.2. The van der Waals surface area contributed by atoms with Crippen molar-refractivity contribution in [3.8, 4) is 11.8 Å². The molecule has 0 unspecified atom stereocenters. The summed E-state index contributed by atoms with van der Waals surface area (Å²) in [6, 6.07) is 15.8. The Morgan fingerprint density at radius 3 is 2.62 bits per heavy atom. The van der Waals surface area contributed by atoms with Crippen LogP contribution < -0.4 is 10.1 Å². The highest BCUT2D eigenvalue weighted by molar-refractivity contribution is 7.14. The zero-order chi connectivity index (χ0) is 20.6. The van der Waals surface area contributed by atoms with Crippen molar-refractivity contribution in [2.75, 3.05) is 11.9 Å². The van der Waals surface area contributed by atoms with Gasteiger partial charge in [-0.15, -0.1) is 11.3 Å². The van der Waals surface area contributed by atoms with Gasteiger partial charge in [0, 0.05) is 0 Å². The predicted molar refractivity (Wildman–Crippen MR) is 105 cm³/mol. The Morgan fingerprint density at radius 2 is 1.86 bits per heavy atom. The first kappa shape index (κ1) is 20.0. The number of esters is 1. The van der Waals surface area contributed by atoms with Crippen molar-refractivity contribution in [3.05, 3.63) is 82.5 Å². The van der Waals surface area contributed by atoms with Crippen LogP contribution in [0.2, 0.25) is 0 Å². The van der Waals surface area contributed by atoms with Gasteiger partial charge < -0.3 is 14.8 Å². The minimum Gasteiger partial charge on any atom is -0.488 e. The summed E-state index contributed by atoms with van der Waals surface area (Å²) < 4.78 is 23.7. The number of para-hydroxylation sites is 1. The Hall–Kier alpha value is -3.70. The van der Waals surface area contributed by atoms with E-state index in [-0.39, 0.29) is 23.7 Å². The highest BCUT2D eigenvalue weighted by atomic mass is 32.1. The number of carbonyl (C=O) groups is 2. The molecule has 3 aromatic rings. The number of benzene rings is 2. The molecule has 29 heavy (non-hydrogen) atoms. The molecule has 6 nitrogen and oxygen atoms in total. The summed E-state index contributed by atoms with van der Waals surface area (Å²) in [5.41, 5.74) is 1.24. The van der Waals surface area contributed by atoms with Crippen LogP contribution in [0.1, 0.15) is 21.5 Å². The zero-order valence-electron chi connectivity index (χ0n) is 15.1. The van der Waals surface area contributed by atoms with Gasteiger partial charge in [-0.3, -0.25) is 4.79 Å². The second-order valence-electron chi connectivity index (χ2n) is 5.81. The van der Waals surface area contributed by atoms with Gasteiger partial charge in [-0.2, -0.15) is 5.26 Å². The number of carbonyl (C=O) groups excluding carboxylic acids is 2. The molecule has 146 valence electrons. The van der Waals surface area contributed by atoms with E-state index in [9.17, 15) is 14.0 Å². The van der Waals surface area contributed by atoms with Crippen LogP contribution >= 0.6 is 11.3 Å². The monoisotopic (exact) mass is 410 g/mol. The highest BCUT2D eigenvalue weighted by Gasteiger charge is 2.16. The minimum atomic E-state index is -0.721. The highest BCUT2D eigenvalue weighted by Crippen LogP contribution is 2.23. The zero-order valence-corrected chi connectivity index (χ0v) is 15.9. The largest absolute Gasteiger partial charge is 0.488 e. The van der Waals surface area contributed by atoms with Crippen LogP contribution in [0.5, 0.6) is 5.75 Å². The maximum absolute atomic E-state index is 13.0. The van der Waals surface area contributed by atoms with Gasteiger partial charge in [0.15, 0.2) is 6.61 Å². The molecule has 1 amide bonds. The molecule has 0 saturated heterocycles. The molecule has 0 spiro atoms. The van der Waals surface area contributed by atoms with E-state index in [1.165, 1.54) is 29.5 Å². The summed E-state index contributed by atoms with van der Waals surface area (Å²) in [6.45, 7) is -0.367. The van der Waals surface area contributed by atoms with Gasteiger partial charge in [-0.25, -0.2) is 9.18 Å². The molecule has 1 N–H and O–H groups in total. The van der Waals surface area contributed by atoms with Gasteiger partial charge in [-0.05, 0) is 41.3 Å². The Morgan fingerprint density at radius 1 is 1.10 bits per heavy atom. The number of hydrogen-bond acceptors (Lipinski definition) is 6. The van der Waals surface area contributed by atoms with Crippen molar-refractivity contribution >= 4 is 28.2 Å². The van der Waals surface area contributed by atoms with Gasteiger partial charge in [0.2, 0.25) is 0 Å². The number of nitrogens with one attached hydrogen (secondary N) is 1. The van der Waals surface area contributed by atoms with Gasteiger partial charge >= 0.3 is 5.97 Å². The fourth-order valence-electron chi connectivity index (χ4n) is 2.37. The molecule has 0 aliphatic carbocycles. The van der Waals surface area contributed by atoms with Crippen LogP contribution in [-0.2, 0) is 16.1 Å². The van der Waals surface area contributed by atoms with Gasteiger partial charge in [-0.1, -0.05) is 24.3 Å². The Kier molecular flexibility index (Phi) is 6.55. The molecule has 0 fully saturated rings. The smallest absolute Gasteiger partial charge is 0.342 e. The van der Waals surface area contributed by atoms with E-state index in [1.807, 2.05) is 6.07 Å². The van der Waals surface area contributed by atoms with Crippen molar-refractivity contribution < 1.29 is 23.5 Å². The van der Waals surface area contributed by atoms with E-state index < -0.39 is 18.5 Å². The van der Waals surface area contributed by atoms with Gasteiger partial charge in [0.1, 0.15) is 34.8 Å². The third-order valence-corrected chi connectivity index (χ3v) is 4.62. The molecular formula is C21H15FN2O4S. The summed E-state index contributed by atoms with van der Waals surface area (Å²) in [7, 11) is 0. The standard InChI is InChI=1S/C21H15FN2O4S/c22-16-7-5-14(6-8-16)12-27-18-4-2-1-3-17(18)21(26)28-13-19(25)24-20-15(11-23)9-10-29-20/h1-10H,12-13H2,(H,24,25). The van der Waals surface area contributed by atoms with Crippen molar-refractivity contribution in [2.24, 2.45) is 0 Å². The predicted octanol–water partition coefficient (Wildman–Crippen LogP) is 4.13. The van der Waals surface area contributed by atoms with E-state index in [0.717, 1.165) is 5.56 Å². The van der Waals surface area contributed by atoms with E-state index in [4.69, 9.17) is 14.7 Å². The quantitative estimate of drug-likeness (QED) is 0.592. The molecule has 0 bridgehead atoms. The molecule has 8 heteroatoms. The van der Waals surface area contributed by atoms with Crippen molar-refractivity contribution in [1.29, 1.82) is 5.26 Å². The minimum absolute atomic E-state index is 0.139. The summed E-state index contributed by atoms with van der Waals surface area (Å²) in [5, 5.41) is 13.6. The molecule has 0 atom stereocenters. The average Bonchev–Trinajstić information content (AvgIpc) is 3.19. The number of hydrogen-bond donors (Lipinski definition) is 1. The van der Waals surface area contributed by atoms with Gasteiger partial charge in [0.25, 0.3) is 5.91 Å². The first-order valence-electron chi connectivity index (χ1n) is 8.47. The van der Waals surface area contributed by atoms with E-state index in [1.54, 1.807) is 41.8 Å². The van der Waals surface area contributed by atoms with E-state index in [0.29, 0.717) is 10.6 Å². The first-order chi connectivity index (χ1) is 14.1. The molecule has 0 aliphatic rings. The number of thiophene rings is 1. The summed E-state index contributed by atoms with van der Waals surface area (Å²) in [4.78, 5) is 24.4. The fourth-order valence-corrected chi connectivity index (χ4v) is 3.12. The third-order valence-electron chi connectivity index (χ3n) is 3.79. The number of amides is 1. The fraction of sp³-hybridized carbons (Fsp3) is 0.0952. The lowest BCUT2D eigenvalue weighted by molar-refractivity contribution is -0.119. The average molecular weight is 410 g/mol. The normalized spacial score (nSPS) is 10.1. The lowest BCUT2D eigenvalue weighted by Gasteiger charge is -2.11.